The number of fused-ring (bicyclic) bond motifs is 1. The third-order valence-electron chi connectivity index (χ3n) is 4.73. The van der Waals surface area contributed by atoms with Crippen molar-refractivity contribution in [2.75, 3.05) is 31.1 Å². The van der Waals surface area contributed by atoms with Gasteiger partial charge in [-0.1, -0.05) is 18.2 Å². The Morgan fingerprint density at radius 1 is 1.00 bits per heavy atom. The Hall–Kier alpha value is -2.89. The molecule has 2 aromatic heterocycles. The monoisotopic (exact) mass is 335 g/mol. The molecule has 0 spiro atoms. The van der Waals surface area contributed by atoms with Crippen molar-refractivity contribution in [2.45, 2.75) is 13.5 Å². The van der Waals surface area contributed by atoms with Gasteiger partial charge in [0, 0.05) is 37.9 Å². The van der Waals surface area contributed by atoms with Gasteiger partial charge in [0.2, 0.25) is 5.91 Å². The van der Waals surface area contributed by atoms with Crippen LogP contribution in [0.3, 0.4) is 0 Å². The maximum Gasteiger partial charge on any atom is 0.242 e. The second kappa shape index (κ2) is 6.55. The summed E-state index contributed by atoms with van der Waals surface area (Å²) in [6.07, 6.45) is 1.99. The smallest absolute Gasteiger partial charge is 0.242 e. The van der Waals surface area contributed by atoms with Gasteiger partial charge >= 0.3 is 0 Å². The summed E-state index contributed by atoms with van der Waals surface area (Å²) in [6, 6.07) is 14.2. The molecule has 1 amide bonds. The molecule has 0 unspecified atom stereocenters. The minimum absolute atomic E-state index is 0.163. The highest BCUT2D eigenvalue weighted by atomic mass is 16.2. The molecule has 1 aromatic carbocycles. The highest BCUT2D eigenvalue weighted by molar-refractivity contribution is 5.83. The molecule has 4 rings (SSSR count). The van der Waals surface area contributed by atoms with E-state index < -0.39 is 0 Å². The summed E-state index contributed by atoms with van der Waals surface area (Å²) in [7, 11) is 0. The summed E-state index contributed by atoms with van der Waals surface area (Å²) in [4.78, 5) is 16.8. The first-order chi connectivity index (χ1) is 12.2. The maximum atomic E-state index is 12.7. The Labute approximate surface area is 146 Å². The topological polar surface area (TPSA) is 54.3 Å². The van der Waals surface area contributed by atoms with Gasteiger partial charge in [-0.15, -0.1) is 5.10 Å². The Balaban J connectivity index is 1.39. The molecule has 0 bridgehead atoms. The molecule has 6 heteroatoms. The average molecular weight is 335 g/mol. The molecule has 6 nitrogen and oxygen atoms in total. The number of benzene rings is 1. The van der Waals surface area contributed by atoms with Gasteiger partial charge in [-0.05, 0) is 36.6 Å². The highest BCUT2D eigenvalue weighted by Crippen LogP contribution is 2.16. The summed E-state index contributed by atoms with van der Waals surface area (Å²) in [5.41, 5.74) is 2.01. The van der Waals surface area contributed by atoms with Crippen LogP contribution in [0.25, 0.3) is 10.9 Å². The molecular formula is C19H21N5O. The van der Waals surface area contributed by atoms with Crippen molar-refractivity contribution in [3.63, 3.8) is 0 Å². The predicted octanol–water partition coefficient (Wildman–Crippen LogP) is 2.09. The Bertz CT molecular complexity index is 878. The van der Waals surface area contributed by atoms with Crippen LogP contribution in [-0.4, -0.2) is 51.8 Å². The van der Waals surface area contributed by atoms with E-state index in [1.807, 2.05) is 46.9 Å². The lowest BCUT2D eigenvalue weighted by Crippen LogP contribution is -2.49. The minimum atomic E-state index is 0.163. The number of hydrogen-bond donors (Lipinski definition) is 0. The largest absolute Gasteiger partial charge is 0.352 e. The number of piperazine rings is 1. The SMILES string of the molecule is Cc1ccc(N2CCN(C(=O)Cn3ccc4ccccc43)CC2)nn1. The lowest BCUT2D eigenvalue weighted by Gasteiger charge is -2.35. The van der Waals surface area contributed by atoms with Crippen molar-refractivity contribution in [3.05, 3.63) is 54.4 Å². The number of carbonyl (C=O) groups excluding carboxylic acids is 1. The highest BCUT2D eigenvalue weighted by Gasteiger charge is 2.22. The molecule has 1 aliphatic rings. The molecule has 0 N–H and O–H groups in total. The fourth-order valence-corrected chi connectivity index (χ4v) is 3.27. The van der Waals surface area contributed by atoms with Crippen LogP contribution >= 0.6 is 0 Å². The summed E-state index contributed by atoms with van der Waals surface area (Å²) < 4.78 is 2.02. The van der Waals surface area contributed by atoms with Crippen molar-refractivity contribution >= 4 is 22.6 Å². The zero-order chi connectivity index (χ0) is 17.2. The molecular weight excluding hydrogens is 314 g/mol. The number of amides is 1. The number of aromatic nitrogens is 3. The first-order valence-electron chi connectivity index (χ1n) is 8.58. The van der Waals surface area contributed by atoms with Crippen LogP contribution < -0.4 is 4.90 Å². The molecule has 3 aromatic rings. The maximum absolute atomic E-state index is 12.7. The van der Waals surface area contributed by atoms with Crippen LogP contribution in [0.15, 0.2) is 48.7 Å². The van der Waals surface area contributed by atoms with Gasteiger partial charge in [0.15, 0.2) is 5.82 Å². The van der Waals surface area contributed by atoms with Gasteiger partial charge in [0.1, 0.15) is 6.54 Å². The summed E-state index contributed by atoms with van der Waals surface area (Å²) in [5, 5.41) is 9.51. The number of anilines is 1. The number of para-hydroxylation sites is 1. The normalized spacial score (nSPS) is 14.9. The van der Waals surface area contributed by atoms with Crippen LogP contribution in [0.2, 0.25) is 0 Å². The zero-order valence-electron chi connectivity index (χ0n) is 14.3. The fourth-order valence-electron chi connectivity index (χ4n) is 3.27. The van der Waals surface area contributed by atoms with Crippen molar-refractivity contribution in [2.24, 2.45) is 0 Å². The first-order valence-corrected chi connectivity index (χ1v) is 8.58. The van der Waals surface area contributed by atoms with Gasteiger partial charge in [0.05, 0.1) is 5.69 Å². The van der Waals surface area contributed by atoms with Gasteiger partial charge in [-0.25, -0.2) is 0 Å². The van der Waals surface area contributed by atoms with Crippen LogP contribution in [0.1, 0.15) is 5.69 Å². The number of aryl methyl sites for hydroxylation is 1. The fraction of sp³-hybridized carbons (Fsp3) is 0.316. The van der Waals surface area contributed by atoms with Crippen molar-refractivity contribution < 1.29 is 4.79 Å². The summed E-state index contributed by atoms with van der Waals surface area (Å²) in [5.74, 6) is 1.05. The van der Waals surface area contributed by atoms with Gasteiger partial charge < -0.3 is 14.4 Å². The van der Waals surface area contributed by atoms with E-state index in [4.69, 9.17) is 0 Å². The van der Waals surface area contributed by atoms with E-state index in [0.717, 1.165) is 35.5 Å². The van der Waals surface area contributed by atoms with E-state index in [2.05, 4.69) is 33.3 Å². The molecule has 0 aliphatic carbocycles. The summed E-state index contributed by atoms with van der Waals surface area (Å²) >= 11 is 0. The first kappa shape index (κ1) is 15.6. The van der Waals surface area contributed by atoms with E-state index in [9.17, 15) is 4.79 Å². The molecule has 3 heterocycles. The summed E-state index contributed by atoms with van der Waals surface area (Å²) in [6.45, 7) is 5.32. The van der Waals surface area contributed by atoms with Crippen LogP contribution in [0.5, 0.6) is 0 Å². The zero-order valence-corrected chi connectivity index (χ0v) is 14.3. The predicted molar refractivity (Wildman–Crippen MR) is 97.5 cm³/mol. The number of hydrogen-bond acceptors (Lipinski definition) is 4. The molecule has 1 saturated heterocycles. The molecule has 128 valence electrons. The van der Waals surface area contributed by atoms with Crippen molar-refractivity contribution in [1.29, 1.82) is 0 Å². The lowest BCUT2D eigenvalue weighted by molar-refractivity contribution is -0.132. The second-order valence-electron chi connectivity index (χ2n) is 6.40. The molecule has 25 heavy (non-hydrogen) atoms. The van der Waals surface area contributed by atoms with E-state index in [-0.39, 0.29) is 5.91 Å². The van der Waals surface area contributed by atoms with Crippen molar-refractivity contribution in [3.8, 4) is 0 Å². The van der Waals surface area contributed by atoms with Crippen LogP contribution in [0.4, 0.5) is 5.82 Å². The van der Waals surface area contributed by atoms with E-state index in [1.54, 1.807) is 0 Å². The lowest BCUT2D eigenvalue weighted by atomic mass is 10.2. The quantitative estimate of drug-likeness (QED) is 0.735. The minimum Gasteiger partial charge on any atom is -0.352 e. The third kappa shape index (κ3) is 3.20. The van der Waals surface area contributed by atoms with E-state index in [1.165, 1.54) is 0 Å². The Morgan fingerprint density at radius 2 is 1.80 bits per heavy atom. The molecule has 0 atom stereocenters. The van der Waals surface area contributed by atoms with Crippen LogP contribution in [-0.2, 0) is 11.3 Å². The molecule has 0 saturated carbocycles. The Morgan fingerprint density at radius 3 is 2.56 bits per heavy atom. The van der Waals surface area contributed by atoms with Gasteiger partial charge in [-0.2, -0.15) is 5.10 Å². The molecule has 0 radical (unpaired) electrons. The average Bonchev–Trinajstić information content (AvgIpc) is 3.06. The Kier molecular flexibility index (Phi) is 4.09. The van der Waals surface area contributed by atoms with Crippen LogP contribution in [0, 0.1) is 6.92 Å². The second-order valence-corrected chi connectivity index (χ2v) is 6.40. The van der Waals surface area contributed by atoms with E-state index >= 15 is 0 Å². The molecule has 1 fully saturated rings. The molecule has 1 aliphatic heterocycles. The number of rotatable bonds is 3. The standard InChI is InChI=1S/C19H21N5O/c1-15-6-7-18(21-20-15)22-10-12-23(13-11-22)19(25)14-24-9-8-16-4-2-3-5-17(16)24/h2-9H,10-14H2,1H3. The van der Waals surface area contributed by atoms with Crippen molar-refractivity contribution in [1.82, 2.24) is 19.7 Å². The van der Waals surface area contributed by atoms with Gasteiger partial charge in [0.25, 0.3) is 0 Å². The van der Waals surface area contributed by atoms with Gasteiger partial charge in [-0.3, -0.25) is 4.79 Å². The van der Waals surface area contributed by atoms with E-state index in [0.29, 0.717) is 19.6 Å². The number of nitrogens with zero attached hydrogens (tertiary/aromatic N) is 5. The number of carbonyl (C=O) groups is 1. The third-order valence-corrected chi connectivity index (χ3v) is 4.73.